The molecule has 0 bridgehead atoms. The van der Waals surface area contributed by atoms with Crippen molar-refractivity contribution in [2.24, 2.45) is 0 Å². The van der Waals surface area contributed by atoms with Crippen LogP contribution in [0.4, 0.5) is 0 Å². The number of rotatable bonds is 4. The Kier molecular flexibility index (Phi) is 5.48. The molecule has 5 heteroatoms. The number of ether oxygens (including phenoxy) is 2. The van der Waals surface area contributed by atoms with E-state index in [-0.39, 0.29) is 0 Å². The van der Waals surface area contributed by atoms with Crippen LogP contribution in [-0.2, 0) is 0 Å². The molecule has 2 aromatic rings. The maximum absolute atomic E-state index is 9.42. The van der Waals surface area contributed by atoms with E-state index in [1.807, 2.05) is 24.3 Å². The maximum atomic E-state index is 9.42. The number of hydrogen-bond acceptors (Lipinski definition) is 3. The van der Waals surface area contributed by atoms with E-state index < -0.39 is 0 Å². The van der Waals surface area contributed by atoms with Crippen LogP contribution in [-0.4, -0.2) is 14.2 Å². The van der Waals surface area contributed by atoms with Gasteiger partial charge >= 0.3 is 0 Å². The molecule has 0 saturated heterocycles. The third-order valence-electron chi connectivity index (χ3n) is 3.08. The third-order valence-corrected chi connectivity index (χ3v) is 3.90. The smallest absolute Gasteiger partial charge is 0.141 e. The van der Waals surface area contributed by atoms with Crippen LogP contribution in [0, 0.1) is 11.3 Å². The van der Waals surface area contributed by atoms with E-state index in [0.29, 0.717) is 27.7 Å². The summed E-state index contributed by atoms with van der Waals surface area (Å²) < 4.78 is 11.5. The lowest BCUT2D eigenvalue weighted by Crippen LogP contribution is -1.92. The summed E-state index contributed by atoms with van der Waals surface area (Å²) in [5.41, 5.74) is 2.06. The first-order valence-electron chi connectivity index (χ1n) is 6.38. The summed E-state index contributed by atoms with van der Waals surface area (Å²) in [5, 5.41) is 9.88. The van der Waals surface area contributed by atoms with E-state index >= 15 is 0 Å². The van der Waals surface area contributed by atoms with Crippen LogP contribution < -0.4 is 9.47 Å². The molecule has 0 amide bonds. The van der Waals surface area contributed by atoms with Gasteiger partial charge in [-0.15, -0.1) is 0 Å². The lowest BCUT2D eigenvalue weighted by Gasteiger charge is -2.10. The van der Waals surface area contributed by atoms with Crippen molar-refractivity contribution >= 4 is 39.2 Å². The normalized spacial score (nSPS) is 11.0. The van der Waals surface area contributed by atoms with Gasteiger partial charge in [0.25, 0.3) is 0 Å². The molecule has 0 spiro atoms. The largest absolute Gasteiger partial charge is 0.496 e. The highest BCUT2D eigenvalue weighted by Crippen LogP contribution is 2.34. The molecule has 0 heterocycles. The zero-order valence-corrected chi connectivity index (χ0v) is 14.4. The zero-order valence-electron chi connectivity index (χ0n) is 12.1. The SMILES string of the molecule is COc1cc(OC)c(/C=C(/C#N)c2ccc(Br)cc2)cc1Cl. The van der Waals surface area contributed by atoms with Crippen molar-refractivity contribution in [1.29, 1.82) is 5.26 Å². The molecule has 2 rings (SSSR count). The fourth-order valence-electron chi connectivity index (χ4n) is 1.96. The minimum Gasteiger partial charge on any atom is -0.496 e. The van der Waals surface area contributed by atoms with Gasteiger partial charge in [0.15, 0.2) is 0 Å². The number of methoxy groups -OCH3 is 2. The monoisotopic (exact) mass is 377 g/mol. The Morgan fingerprint density at radius 2 is 1.77 bits per heavy atom. The molecule has 0 aromatic heterocycles. The second kappa shape index (κ2) is 7.35. The summed E-state index contributed by atoms with van der Waals surface area (Å²) in [5.74, 6) is 1.11. The third kappa shape index (κ3) is 3.62. The van der Waals surface area contributed by atoms with Crippen LogP contribution in [0.1, 0.15) is 11.1 Å². The lowest BCUT2D eigenvalue weighted by atomic mass is 10.0. The van der Waals surface area contributed by atoms with E-state index in [1.165, 1.54) is 0 Å². The molecule has 0 radical (unpaired) electrons. The molecule has 0 fully saturated rings. The zero-order chi connectivity index (χ0) is 16.1. The number of halogens is 2. The Labute approximate surface area is 142 Å². The number of nitrogens with zero attached hydrogens (tertiary/aromatic N) is 1. The first-order valence-corrected chi connectivity index (χ1v) is 7.55. The molecule has 0 N–H and O–H groups in total. The van der Waals surface area contributed by atoms with Gasteiger partial charge in [-0.1, -0.05) is 39.7 Å². The summed E-state index contributed by atoms with van der Waals surface area (Å²) in [6.07, 6.45) is 1.74. The Bertz CT molecular complexity index is 748. The van der Waals surface area contributed by atoms with Crippen LogP contribution >= 0.6 is 27.5 Å². The van der Waals surface area contributed by atoms with E-state index in [9.17, 15) is 5.26 Å². The molecule has 0 aliphatic rings. The standard InChI is InChI=1S/C17H13BrClNO2/c1-21-16-9-17(22-2)15(19)8-12(16)7-13(10-20)11-3-5-14(18)6-4-11/h3-9H,1-2H3/b13-7-. The second-order valence-corrected chi connectivity index (χ2v) is 5.73. The molecule has 0 unspecified atom stereocenters. The molecule has 0 aliphatic carbocycles. The van der Waals surface area contributed by atoms with Crippen LogP contribution in [0.15, 0.2) is 40.9 Å². The summed E-state index contributed by atoms with van der Waals surface area (Å²) in [6.45, 7) is 0. The molecule has 0 atom stereocenters. The topological polar surface area (TPSA) is 42.2 Å². The van der Waals surface area contributed by atoms with Gasteiger partial charge < -0.3 is 9.47 Å². The Morgan fingerprint density at radius 3 is 2.32 bits per heavy atom. The first kappa shape index (κ1) is 16.4. The molecular weight excluding hydrogens is 366 g/mol. The average molecular weight is 379 g/mol. The van der Waals surface area contributed by atoms with Gasteiger partial charge in [0.2, 0.25) is 0 Å². The fraction of sp³-hybridized carbons (Fsp3) is 0.118. The summed E-state index contributed by atoms with van der Waals surface area (Å²) in [7, 11) is 3.10. The van der Waals surface area contributed by atoms with Crippen LogP contribution in [0.5, 0.6) is 11.5 Å². The highest BCUT2D eigenvalue weighted by atomic mass is 79.9. The van der Waals surface area contributed by atoms with Gasteiger partial charge in [-0.3, -0.25) is 0 Å². The predicted octanol–water partition coefficient (Wildman–Crippen LogP) is 5.18. The fourth-order valence-corrected chi connectivity index (χ4v) is 2.47. The predicted molar refractivity (Wildman–Crippen MR) is 92.2 cm³/mol. The minimum atomic E-state index is 0.461. The Balaban J connectivity index is 2.52. The molecule has 0 aliphatic heterocycles. The number of hydrogen-bond donors (Lipinski definition) is 0. The van der Waals surface area contributed by atoms with Crippen molar-refractivity contribution in [3.63, 3.8) is 0 Å². The summed E-state index contributed by atoms with van der Waals surface area (Å²) >= 11 is 9.53. The second-order valence-electron chi connectivity index (χ2n) is 4.41. The molecule has 0 saturated carbocycles. The highest BCUT2D eigenvalue weighted by molar-refractivity contribution is 9.10. The van der Waals surface area contributed by atoms with Crippen molar-refractivity contribution in [2.45, 2.75) is 0 Å². The van der Waals surface area contributed by atoms with Crippen molar-refractivity contribution in [3.8, 4) is 17.6 Å². The molecule has 112 valence electrons. The Morgan fingerprint density at radius 1 is 1.14 bits per heavy atom. The van der Waals surface area contributed by atoms with Gasteiger partial charge in [-0.2, -0.15) is 5.26 Å². The van der Waals surface area contributed by atoms with Crippen LogP contribution in [0.3, 0.4) is 0 Å². The van der Waals surface area contributed by atoms with E-state index in [4.69, 9.17) is 21.1 Å². The van der Waals surface area contributed by atoms with E-state index in [2.05, 4.69) is 22.0 Å². The van der Waals surface area contributed by atoms with Crippen molar-refractivity contribution in [2.75, 3.05) is 14.2 Å². The molecule has 2 aromatic carbocycles. The molecular formula is C17H13BrClNO2. The van der Waals surface area contributed by atoms with Gasteiger partial charge in [-0.05, 0) is 29.8 Å². The average Bonchev–Trinajstić information content (AvgIpc) is 2.53. The minimum absolute atomic E-state index is 0.461. The number of nitriles is 1. The van der Waals surface area contributed by atoms with Crippen LogP contribution in [0.25, 0.3) is 11.6 Å². The number of allylic oxidation sites excluding steroid dienone is 1. The van der Waals surface area contributed by atoms with Crippen molar-refractivity contribution < 1.29 is 9.47 Å². The van der Waals surface area contributed by atoms with Crippen molar-refractivity contribution in [3.05, 3.63) is 57.0 Å². The molecule has 3 nitrogen and oxygen atoms in total. The lowest BCUT2D eigenvalue weighted by molar-refractivity contribution is 0.394. The van der Waals surface area contributed by atoms with Crippen molar-refractivity contribution in [1.82, 2.24) is 0 Å². The molecule has 22 heavy (non-hydrogen) atoms. The summed E-state index contributed by atoms with van der Waals surface area (Å²) in [4.78, 5) is 0. The first-order chi connectivity index (χ1) is 10.6. The highest BCUT2D eigenvalue weighted by Gasteiger charge is 2.10. The van der Waals surface area contributed by atoms with Gasteiger partial charge in [0.1, 0.15) is 11.5 Å². The van der Waals surface area contributed by atoms with Crippen LogP contribution in [0.2, 0.25) is 5.02 Å². The van der Waals surface area contributed by atoms with Gasteiger partial charge in [0.05, 0.1) is 30.9 Å². The Hall–Kier alpha value is -1.96. The van der Waals surface area contributed by atoms with Gasteiger partial charge in [-0.25, -0.2) is 0 Å². The summed E-state index contributed by atoms with van der Waals surface area (Å²) in [6, 6.07) is 13.1. The maximum Gasteiger partial charge on any atom is 0.141 e. The van der Waals surface area contributed by atoms with E-state index in [1.54, 1.807) is 32.4 Å². The van der Waals surface area contributed by atoms with Gasteiger partial charge in [0, 0.05) is 16.1 Å². The van der Waals surface area contributed by atoms with E-state index in [0.717, 1.165) is 10.0 Å². The number of benzene rings is 2. The quantitative estimate of drug-likeness (QED) is 0.543.